The van der Waals surface area contributed by atoms with Crippen LogP contribution in [0.5, 0.6) is 5.75 Å². The van der Waals surface area contributed by atoms with Crippen LogP contribution in [0.4, 0.5) is 0 Å². The van der Waals surface area contributed by atoms with Crippen LogP contribution in [0, 0.1) is 0 Å². The van der Waals surface area contributed by atoms with E-state index in [4.69, 9.17) is 14.2 Å². The Labute approximate surface area is 137 Å². The van der Waals surface area contributed by atoms with Crippen molar-refractivity contribution in [2.75, 3.05) is 26.8 Å². The van der Waals surface area contributed by atoms with Crippen molar-refractivity contribution in [2.45, 2.75) is 18.8 Å². The minimum Gasteiger partial charge on any atom is -0.483 e. The van der Waals surface area contributed by atoms with Gasteiger partial charge in [0.05, 0.1) is 13.2 Å². The van der Waals surface area contributed by atoms with Crippen LogP contribution < -0.4 is 10.1 Å². The van der Waals surface area contributed by atoms with E-state index in [1.54, 1.807) is 7.11 Å². The zero-order valence-corrected chi connectivity index (χ0v) is 13.4. The summed E-state index contributed by atoms with van der Waals surface area (Å²) in [6, 6.07) is 18.2. The molecular weight excluding hydrogens is 290 g/mol. The van der Waals surface area contributed by atoms with Crippen molar-refractivity contribution in [1.29, 1.82) is 0 Å². The second kappa shape index (κ2) is 8.11. The molecule has 0 amide bonds. The predicted octanol–water partition coefficient (Wildman–Crippen LogP) is 2.94. The van der Waals surface area contributed by atoms with E-state index in [0.29, 0.717) is 13.2 Å². The number of ether oxygens (including phenoxy) is 3. The highest BCUT2D eigenvalue weighted by Gasteiger charge is 2.28. The maximum atomic E-state index is 6.38. The quantitative estimate of drug-likeness (QED) is 0.890. The summed E-state index contributed by atoms with van der Waals surface area (Å²) in [6.07, 6.45) is -0.163. The normalized spacial score (nSPS) is 19.3. The molecule has 1 aliphatic heterocycles. The van der Waals surface area contributed by atoms with E-state index in [9.17, 15) is 0 Å². The Morgan fingerprint density at radius 3 is 2.65 bits per heavy atom. The third-order valence-corrected chi connectivity index (χ3v) is 3.95. The molecule has 1 N–H and O–H groups in total. The van der Waals surface area contributed by atoms with Gasteiger partial charge in [0.1, 0.15) is 11.9 Å². The smallest absolute Gasteiger partial charge is 0.151 e. The molecular formula is C19H23NO3. The molecule has 1 fully saturated rings. The van der Waals surface area contributed by atoms with Gasteiger partial charge < -0.3 is 19.5 Å². The summed E-state index contributed by atoms with van der Waals surface area (Å²) in [5, 5.41) is 3.38. The first-order valence-electron chi connectivity index (χ1n) is 7.99. The van der Waals surface area contributed by atoms with Crippen molar-refractivity contribution in [3.8, 4) is 5.75 Å². The predicted molar refractivity (Wildman–Crippen MR) is 89.6 cm³/mol. The third kappa shape index (κ3) is 4.10. The maximum absolute atomic E-state index is 6.38. The first-order valence-corrected chi connectivity index (χ1v) is 7.99. The number of hydrogen-bond acceptors (Lipinski definition) is 4. The fraction of sp³-hybridized carbons (Fsp3) is 0.368. The zero-order valence-electron chi connectivity index (χ0n) is 13.4. The van der Waals surface area contributed by atoms with Gasteiger partial charge in [0.2, 0.25) is 0 Å². The van der Waals surface area contributed by atoms with Crippen molar-refractivity contribution in [3.05, 3.63) is 65.7 Å². The van der Waals surface area contributed by atoms with Crippen LogP contribution in [0.15, 0.2) is 54.6 Å². The standard InChI is InChI=1S/C19H23NO3/c1-21-14-16-9-5-6-10-17(16)23-19(15-7-3-2-4-8-15)18-13-20-11-12-22-18/h2-10,18-20H,11-14H2,1H3/t18-,19?/m0/s1. The lowest BCUT2D eigenvalue weighted by Crippen LogP contribution is -2.43. The van der Waals surface area contributed by atoms with Gasteiger partial charge in [0.15, 0.2) is 6.10 Å². The fourth-order valence-electron chi connectivity index (χ4n) is 2.81. The molecule has 2 atom stereocenters. The molecule has 0 radical (unpaired) electrons. The van der Waals surface area contributed by atoms with Crippen LogP contribution in [0.2, 0.25) is 0 Å². The molecule has 0 bridgehead atoms. The van der Waals surface area contributed by atoms with Crippen molar-refractivity contribution in [1.82, 2.24) is 5.32 Å². The van der Waals surface area contributed by atoms with Crippen molar-refractivity contribution >= 4 is 0 Å². The molecule has 0 saturated carbocycles. The summed E-state index contributed by atoms with van der Waals surface area (Å²) in [7, 11) is 1.69. The van der Waals surface area contributed by atoms with E-state index >= 15 is 0 Å². The van der Waals surface area contributed by atoms with Gasteiger partial charge in [-0.2, -0.15) is 0 Å². The maximum Gasteiger partial charge on any atom is 0.151 e. The number of rotatable bonds is 6. The summed E-state index contributed by atoms with van der Waals surface area (Å²) in [6.45, 7) is 2.91. The largest absolute Gasteiger partial charge is 0.483 e. The van der Waals surface area contributed by atoms with Gasteiger partial charge in [0.25, 0.3) is 0 Å². The number of hydrogen-bond donors (Lipinski definition) is 1. The Hall–Kier alpha value is -1.88. The minimum absolute atomic E-state index is 0.0123. The molecule has 0 aliphatic carbocycles. The number of para-hydroxylation sites is 1. The average Bonchev–Trinajstić information content (AvgIpc) is 2.63. The number of benzene rings is 2. The van der Waals surface area contributed by atoms with E-state index in [-0.39, 0.29) is 12.2 Å². The Bertz CT molecular complexity index is 597. The third-order valence-electron chi connectivity index (χ3n) is 3.95. The fourth-order valence-corrected chi connectivity index (χ4v) is 2.81. The monoisotopic (exact) mass is 313 g/mol. The minimum atomic E-state index is -0.151. The van der Waals surface area contributed by atoms with Crippen LogP contribution in [-0.4, -0.2) is 32.9 Å². The first kappa shape index (κ1) is 16.0. The highest BCUT2D eigenvalue weighted by Crippen LogP contribution is 2.29. The molecule has 3 rings (SSSR count). The van der Waals surface area contributed by atoms with Crippen molar-refractivity contribution in [2.24, 2.45) is 0 Å². The molecule has 2 aromatic carbocycles. The molecule has 1 saturated heterocycles. The van der Waals surface area contributed by atoms with Crippen LogP contribution in [-0.2, 0) is 16.1 Å². The number of morpholine rings is 1. The highest BCUT2D eigenvalue weighted by atomic mass is 16.5. The van der Waals surface area contributed by atoms with Crippen LogP contribution >= 0.6 is 0 Å². The molecule has 4 heteroatoms. The summed E-state index contributed by atoms with van der Waals surface area (Å²) in [5.41, 5.74) is 2.16. The van der Waals surface area contributed by atoms with Gasteiger partial charge in [0, 0.05) is 25.8 Å². The van der Waals surface area contributed by atoms with Crippen LogP contribution in [0.25, 0.3) is 0 Å². The summed E-state index contributed by atoms with van der Waals surface area (Å²) >= 11 is 0. The molecule has 1 aliphatic rings. The Morgan fingerprint density at radius 1 is 1.13 bits per heavy atom. The molecule has 1 heterocycles. The number of methoxy groups -OCH3 is 1. The van der Waals surface area contributed by atoms with E-state index in [2.05, 4.69) is 17.4 Å². The van der Waals surface area contributed by atoms with Crippen LogP contribution in [0.3, 0.4) is 0 Å². The Morgan fingerprint density at radius 2 is 1.91 bits per heavy atom. The number of nitrogens with one attached hydrogen (secondary N) is 1. The van der Waals surface area contributed by atoms with Crippen molar-refractivity contribution < 1.29 is 14.2 Å². The van der Waals surface area contributed by atoms with Gasteiger partial charge in [-0.25, -0.2) is 0 Å². The SMILES string of the molecule is COCc1ccccc1OC(c1ccccc1)[C@@H]1CNCCO1. The summed E-state index contributed by atoms with van der Waals surface area (Å²) in [5.74, 6) is 0.845. The molecule has 1 unspecified atom stereocenters. The van der Waals surface area contributed by atoms with Gasteiger partial charge in [-0.15, -0.1) is 0 Å². The van der Waals surface area contributed by atoms with Crippen molar-refractivity contribution in [3.63, 3.8) is 0 Å². The summed E-state index contributed by atoms with van der Waals surface area (Å²) in [4.78, 5) is 0. The molecule has 0 aromatic heterocycles. The van der Waals surface area contributed by atoms with E-state index in [0.717, 1.165) is 30.0 Å². The van der Waals surface area contributed by atoms with E-state index in [1.165, 1.54) is 0 Å². The lowest BCUT2D eigenvalue weighted by molar-refractivity contribution is -0.0438. The van der Waals surface area contributed by atoms with Gasteiger partial charge >= 0.3 is 0 Å². The molecule has 0 spiro atoms. The summed E-state index contributed by atoms with van der Waals surface area (Å²) < 4.78 is 17.6. The van der Waals surface area contributed by atoms with E-state index in [1.807, 2.05) is 42.5 Å². The highest BCUT2D eigenvalue weighted by molar-refractivity contribution is 5.34. The van der Waals surface area contributed by atoms with Crippen LogP contribution in [0.1, 0.15) is 17.2 Å². The molecule has 23 heavy (non-hydrogen) atoms. The molecule has 4 nitrogen and oxygen atoms in total. The Balaban J connectivity index is 1.86. The van der Waals surface area contributed by atoms with Gasteiger partial charge in [-0.05, 0) is 11.6 Å². The first-order chi connectivity index (χ1) is 11.4. The second-order valence-electron chi connectivity index (χ2n) is 5.60. The van der Waals surface area contributed by atoms with Gasteiger partial charge in [-0.1, -0.05) is 48.5 Å². The van der Waals surface area contributed by atoms with E-state index < -0.39 is 0 Å². The lowest BCUT2D eigenvalue weighted by Gasteiger charge is -2.32. The second-order valence-corrected chi connectivity index (χ2v) is 5.60. The molecule has 122 valence electrons. The topological polar surface area (TPSA) is 39.7 Å². The average molecular weight is 313 g/mol. The molecule has 2 aromatic rings. The Kier molecular flexibility index (Phi) is 5.64. The van der Waals surface area contributed by atoms with Gasteiger partial charge in [-0.3, -0.25) is 0 Å². The zero-order chi connectivity index (χ0) is 15.9. The lowest BCUT2D eigenvalue weighted by atomic mass is 10.0.